The van der Waals surface area contributed by atoms with Gasteiger partial charge in [0.2, 0.25) is 5.12 Å². The first-order chi connectivity index (χ1) is 19.3. The fourth-order valence-electron chi connectivity index (χ4n) is 8.42. The standard InChI is InChI=1S/C32H36F2O6S/c1-5-27(38)40-32(28(39)41-17-25(36)19-9-7-6-8-10-19)18(2)13-21-22-15-24(33)23-14-20(35)11-12-29(23,3)31(22,34)26(37)16-30(21,32)4/h6-12,14,18,21-22,24,26,37H,5,13,15-17H2,1-4H3/t18-,21+,22+,24+,26+,29+,30+,31+,32+/m1/s1. The first-order valence-corrected chi connectivity index (χ1v) is 15.2. The van der Waals surface area contributed by atoms with E-state index in [4.69, 9.17) is 4.74 Å². The van der Waals surface area contributed by atoms with Crippen LogP contribution in [0.5, 0.6) is 0 Å². The van der Waals surface area contributed by atoms with Crippen LogP contribution in [-0.4, -0.2) is 57.1 Å². The van der Waals surface area contributed by atoms with Gasteiger partial charge < -0.3 is 9.84 Å². The molecule has 0 aliphatic heterocycles. The zero-order chi connectivity index (χ0) is 30.0. The summed E-state index contributed by atoms with van der Waals surface area (Å²) in [6.07, 6.45) is 0.240. The second-order valence-electron chi connectivity index (χ2n) is 12.4. The molecule has 0 saturated heterocycles. The Bertz CT molecular complexity index is 1340. The van der Waals surface area contributed by atoms with Crippen molar-refractivity contribution in [2.45, 2.75) is 76.9 Å². The lowest BCUT2D eigenvalue weighted by Gasteiger charge is -2.63. The van der Waals surface area contributed by atoms with Crippen LogP contribution in [0.2, 0.25) is 0 Å². The van der Waals surface area contributed by atoms with Gasteiger partial charge in [-0.3, -0.25) is 19.2 Å². The van der Waals surface area contributed by atoms with Gasteiger partial charge in [-0.1, -0.05) is 68.9 Å². The molecule has 0 bridgehead atoms. The van der Waals surface area contributed by atoms with Gasteiger partial charge in [0.25, 0.3) is 0 Å². The van der Waals surface area contributed by atoms with E-state index in [2.05, 4.69) is 0 Å². The summed E-state index contributed by atoms with van der Waals surface area (Å²) in [5.41, 5.74) is -6.39. The normalized spacial score (nSPS) is 41.1. The molecule has 1 aromatic rings. The number of esters is 1. The first-order valence-electron chi connectivity index (χ1n) is 14.2. The minimum absolute atomic E-state index is 0.00720. The van der Waals surface area contributed by atoms with Crippen LogP contribution in [0.25, 0.3) is 0 Å². The maximum absolute atomic E-state index is 17.5. The average molecular weight is 587 g/mol. The lowest BCUT2D eigenvalue weighted by atomic mass is 9.44. The Morgan fingerprint density at radius 3 is 2.46 bits per heavy atom. The number of aliphatic hydroxyl groups excluding tert-OH is 1. The summed E-state index contributed by atoms with van der Waals surface area (Å²) in [6.45, 7) is 6.61. The Morgan fingerprint density at radius 1 is 1.12 bits per heavy atom. The van der Waals surface area contributed by atoms with Crippen molar-refractivity contribution in [2.75, 3.05) is 5.75 Å². The third kappa shape index (κ3) is 4.13. The molecule has 6 nitrogen and oxygen atoms in total. The summed E-state index contributed by atoms with van der Waals surface area (Å²) in [5.74, 6) is -3.71. The second kappa shape index (κ2) is 10.3. The predicted octanol–water partition coefficient (Wildman–Crippen LogP) is 5.39. The molecule has 5 rings (SSSR count). The summed E-state index contributed by atoms with van der Waals surface area (Å²) in [4.78, 5) is 52.0. The molecular weight excluding hydrogens is 550 g/mol. The SMILES string of the molecule is CCC(=O)O[C@]1(C(=O)SCC(=O)c2ccccc2)[C@H](C)C[C@H]2[C@@H]3C[C@H](F)C4=CC(=O)C=C[C@]4(C)[C@@]3(F)[C@@H](O)C[C@@]21C. The maximum atomic E-state index is 17.5. The highest BCUT2D eigenvalue weighted by Crippen LogP contribution is 2.72. The number of halogens is 2. The van der Waals surface area contributed by atoms with Crippen molar-refractivity contribution in [3.63, 3.8) is 0 Å². The number of hydrogen-bond acceptors (Lipinski definition) is 7. The van der Waals surface area contributed by atoms with Gasteiger partial charge >= 0.3 is 5.97 Å². The molecule has 3 saturated carbocycles. The van der Waals surface area contributed by atoms with E-state index in [9.17, 15) is 24.3 Å². The third-order valence-electron chi connectivity index (χ3n) is 10.5. The number of alkyl halides is 2. The Labute approximate surface area is 243 Å². The van der Waals surface area contributed by atoms with Crippen molar-refractivity contribution in [3.05, 3.63) is 59.7 Å². The monoisotopic (exact) mass is 586 g/mol. The number of benzene rings is 1. The van der Waals surface area contributed by atoms with Gasteiger partial charge in [-0.15, -0.1) is 0 Å². The zero-order valence-corrected chi connectivity index (χ0v) is 24.5. The lowest BCUT2D eigenvalue weighted by molar-refractivity contribution is -0.228. The van der Waals surface area contributed by atoms with Gasteiger partial charge in [-0.05, 0) is 49.8 Å². The van der Waals surface area contributed by atoms with Crippen molar-refractivity contribution in [1.29, 1.82) is 0 Å². The molecular formula is C32H36F2O6S. The molecule has 9 heteroatoms. The number of aliphatic hydroxyl groups is 1. The van der Waals surface area contributed by atoms with Gasteiger partial charge in [0.1, 0.15) is 6.17 Å². The van der Waals surface area contributed by atoms with Crippen molar-refractivity contribution in [2.24, 2.45) is 28.6 Å². The van der Waals surface area contributed by atoms with Gasteiger partial charge in [-0.2, -0.15) is 0 Å². The zero-order valence-electron chi connectivity index (χ0n) is 23.7. The fourth-order valence-corrected chi connectivity index (χ4v) is 9.53. The largest absolute Gasteiger partial charge is 0.449 e. The minimum atomic E-state index is -2.31. The molecule has 0 spiro atoms. The number of allylic oxidation sites excluding steroid dienone is 4. The molecule has 0 aromatic heterocycles. The van der Waals surface area contributed by atoms with Crippen LogP contribution in [0.4, 0.5) is 8.78 Å². The number of ether oxygens (including phenoxy) is 1. The average Bonchev–Trinajstić information content (AvgIpc) is 3.16. The van der Waals surface area contributed by atoms with Crippen molar-refractivity contribution in [3.8, 4) is 0 Å². The number of carbonyl (C=O) groups is 4. The van der Waals surface area contributed by atoms with Crippen LogP contribution in [0.1, 0.15) is 63.7 Å². The Morgan fingerprint density at radius 2 is 1.80 bits per heavy atom. The fraction of sp³-hybridized carbons (Fsp3) is 0.562. The van der Waals surface area contributed by atoms with E-state index >= 15 is 8.78 Å². The number of rotatable bonds is 6. The second-order valence-corrected chi connectivity index (χ2v) is 13.4. The molecule has 9 atom stereocenters. The molecule has 1 N–H and O–H groups in total. The Balaban J connectivity index is 1.55. The number of Topliss-reactive ketones (excluding diaryl/α,β-unsaturated/α-hetero) is 1. The summed E-state index contributed by atoms with van der Waals surface area (Å²) >= 11 is 0.761. The van der Waals surface area contributed by atoms with Crippen molar-refractivity contribution < 1.29 is 37.8 Å². The minimum Gasteiger partial charge on any atom is -0.449 e. The summed E-state index contributed by atoms with van der Waals surface area (Å²) in [6, 6.07) is 8.54. The third-order valence-corrected chi connectivity index (χ3v) is 11.4. The highest BCUT2D eigenvalue weighted by Gasteiger charge is 2.78. The van der Waals surface area contributed by atoms with Gasteiger partial charge in [0, 0.05) is 34.7 Å². The van der Waals surface area contributed by atoms with Crippen LogP contribution in [0.3, 0.4) is 0 Å². The molecule has 0 radical (unpaired) electrons. The maximum Gasteiger partial charge on any atom is 0.306 e. The smallest absolute Gasteiger partial charge is 0.306 e. The van der Waals surface area contributed by atoms with E-state index in [1.165, 1.54) is 19.1 Å². The van der Waals surface area contributed by atoms with Gasteiger partial charge in [-0.25, -0.2) is 8.78 Å². The van der Waals surface area contributed by atoms with E-state index < -0.39 is 69.0 Å². The van der Waals surface area contributed by atoms with Crippen LogP contribution in [0.15, 0.2) is 54.1 Å². The highest BCUT2D eigenvalue weighted by atomic mass is 32.2. The molecule has 220 valence electrons. The first kappa shape index (κ1) is 29.8. The van der Waals surface area contributed by atoms with Crippen LogP contribution < -0.4 is 0 Å². The van der Waals surface area contributed by atoms with Gasteiger partial charge in [0.05, 0.1) is 11.9 Å². The highest BCUT2D eigenvalue weighted by molar-refractivity contribution is 8.14. The van der Waals surface area contributed by atoms with E-state index in [1.807, 2.05) is 0 Å². The van der Waals surface area contributed by atoms with Crippen LogP contribution >= 0.6 is 11.8 Å². The number of carbonyl (C=O) groups excluding carboxylic acids is 4. The van der Waals surface area contributed by atoms with Crippen molar-refractivity contribution >= 4 is 34.4 Å². The number of thioether (sulfide) groups is 1. The number of fused-ring (bicyclic) bond motifs is 5. The summed E-state index contributed by atoms with van der Waals surface area (Å²) in [5, 5.41) is 11.1. The molecule has 4 aliphatic rings. The van der Waals surface area contributed by atoms with Crippen LogP contribution in [-0.2, 0) is 19.1 Å². The molecule has 0 heterocycles. The van der Waals surface area contributed by atoms with E-state index in [0.29, 0.717) is 5.56 Å². The molecule has 3 fully saturated rings. The predicted molar refractivity (Wildman–Crippen MR) is 151 cm³/mol. The van der Waals surface area contributed by atoms with E-state index in [-0.39, 0.29) is 42.8 Å². The molecule has 1 aromatic carbocycles. The number of ketones is 2. The Hall–Kier alpha value is -2.65. The molecule has 41 heavy (non-hydrogen) atoms. The Kier molecular flexibility index (Phi) is 7.47. The lowest BCUT2D eigenvalue weighted by Crippen LogP contribution is -2.70. The van der Waals surface area contributed by atoms with E-state index in [0.717, 1.165) is 17.8 Å². The summed E-state index contributed by atoms with van der Waals surface area (Å²) in [7, 11) is 0. The molecule has 0 unspecified atom stereocenters. The van der Waals surface area contributed by atoms with Gasteiger partial charge in [0.15, 0.2) is 22.8 Å². The number of hydrogen-bond donors (Lipinski definition) is 1. The molecule has 0 amide bonds. The van der Waals surface area contributed by atoms with Crippen molar-refractivity contribution in [1.82, 2.24) is 0 Å². The quantitative estimate of drug-likeness (QED) is 0.353. The topological polar surface area (TPSA) is 97.7 Å². The summed E-state index contributed by atoms with van der Waals surface area (Å²) < 4.78 is 39.4. The van der Waals surface area contributed by atoms with Crippen LogP contribution in [0, 0.1) is 28.6 Å². The van der Waals surface area contributed by atoms with E-state index in [1.54, 1.807) is 51.1 Å². The molecule has 4 aliphatic carbocycles.